The van der Waals surface area contributed by atoms with Gasteiger partial charge in [-0.1, -0.05) is 77.8 Å². The van der Waals surface area contributed by atoms with Crippen LogP contribution in [-0.4, -0.2) is 23.4 Å². The molecule has 0 aliphatic heterocycles. The molecule has 0 atom stereocenters. The molecule has 0 aliphatic rings. The molecule has 4 aromatic carbocycles. The predicted octanol–water partition coefficient (Wildman–Crippen LogP) is 7.03. The van der Waals surface area contributed by atoms with Crippen molar-refractivity contribution in [1.29, 1.82) is 0 Å². The van der Waals surface area contributed by atoms with Gasteiger partial charge in [0.05, 0.1) is 10.8 Å². The molecule has 38 heavy (non-hydrogen) atoms. The number of Topliss-reactive ketones (excluding diaryl/α,β-unsaturated/α-hetero) is 1. The van der Waals surface area contributed by atoms with E-state index in [1.807, 2.05) is 43.3 Å². The van der Waals surface area contributed by atoms with Crippen molar-refractivity contribution >= 4 is 52.7 Å². The van der Waals surface area contributed by atoms with Gasteiger partial charge in [-0.25, -0.2) is 0 Å². The Labute approximate surface area is 230 Å². The molecule has 7 heteroatoms. The largest absolute Gasteiger partial charge is 0.321 e. The number of anilines is 1. The summed E-state index contributed by atoms with van der Waals surface area (Å²) in [5.74, 6) is -0.736. The van der Waals surface area contributed by atoms with Crippen LogP contribution >= 0.6 is 23.4 Å². The SMILES string of the molecule is Cc1ccc(/C=C(\NC(=O)c2ccccc2)C(=O)Nc2cccc(SCC(=O)c3ccccc3Cl)c2)cc1. The first-order valence-corrected chi connectivity index (χ1v) is 13.2. The lowest BCUT2D eigenvalue weighted by Crippen LogP contribution is -2.30. The Balaban J connectivity index is 1.49. The Morgan fingerprint density at radius 1 is 0.842 bits per heavy atom. The Morgan fingerprint density at radius 3 is 2.29 bits per heavy atom. The number of amides is 2. The van der Waals surface area contributed by atoms with Crippen LogP contribution in [0.2, 0.25) is 5.02 Å². The normalized spacial score (nSPS) is 11.1. The summed E-state index contributed by atoms with van der Waals surface area (Å²) in [6.45, 7) is 1.98. The molecule has 190 valence electrons. The van der Waals surface area contributed by atoms with E-state index in [0.717, 1.165) is 16.0 Å². The van der Waals surface area contributed by atoms with E-state index in [1.54, 1.807) is 72.8 Å². The maximum Gasteiger partial charge on any atom is 0.272 e. The number of carbonyl (C=O) groups is 3. The third kappa shape index (κ3) is 7.44. The highest BCUT2D eigenvalue weighted by Gasteiger charge is 2.16. The number of carbonyl (C=O) groups excluding carboxylic acids is 3. The van der Waals surface area contributed by atoms with Crippen LogP contribution in [0, 0.1) is 6.92 Å². The molecule has 0 fully saturated rings. The van der Waals surface area contributed by atoms with Crippen LogP contribution in [0.1, 0.15) is 31.8 Å². The van der Waals surface area contributed by atoms with Gasteiger partial charge in [0.15, 0.2) is 5.78 Å². The summed E-state index contributed by atoms with van der Waals surface area (Å²) >= 11 is 7.49. The number of benzene rings is 4. The molecule has 2 N–H and O–H groups in total. The van der Waals surface area contributed by atoms with Crippen molar-refractivity contribution in [3.05, 3.63) is 136 Å². The zero-order valence-corrected chi connectivity index (χ0v) is 22.2. The van der Waals surface area contributed by atoms with Crippen LogP contribution in [0.4, 0.5) is 5.69 Å². The summed E-state index contributed by atoms with van der Waals surface area (Å²) in [5.41, 5.74) is 3.42. The van der Waals surface area contributed by atoms with Crippen LogP contribution in [0.15, 0.2) is 114 Å². The summed E-state index contributed by atoms with van der Waals surface area (Å²) in [6.07, 6.45) is 1.64. The Bertz CT molecular complexity index is 1480. The van der Waals surface area contributed by atoms with Gasteiger partial charge < -0.3 is 10.6 Å². The van der Waals surface area contributed by atoms with E-state index in [-0.39, 0.29) is 23.1 Å². The van der Waals surface area contributed by atoms with E-state index in [4.69, 9.17) is 11.6 Å². The lowest BCUT2D eigenvalue weighted by atomic mass is 10.1. The van der Waals surface area contributed by atoms with Gasteiger partial charge >= 0.3 is 0 Å². The minimum absolute atomic E-state index is 0.0815. The molecule has 0 aliphatic carbocycles. The summed E-state index contributed by atoms with van der Waals surface area (Å²) in [7, 11) is 0. The molecule has 0 saturated heterocycles. The fourth-order valence-corrected chi connectivity index (χ4v) is 4.63. The van der Waals surface area contributed by atoms with Crippen molar-refractivity contribution in [2.24, 2.45) is 0 Å². The first-order valence-electron chi connectivity index (χ1n) is 11.9. The first kappa shape index (κ1) is 26.9. The highest BCUT2D eigenvalue weighted by atomic mass is 35.5. The zero-order valence-electron chi connectivity index (χ0n) is 20.6. The summed E-state index contributed by atoms with van der Waals surface area (Å²) in [5, 5.41) is 6.02. The van der Waals surface area contributed by atoms with Gasteiger partial charge in [-0.2, -0.15) is 0 Å². The molecule has 0 bridgehead atoms. The second kappa shape index (κ2) is 12.9. The smallest absolute Gasteiger partial charge is 0.272 e. The minimum Gasteiger partial charge on any atom is -0.321 e. The number of ketones is 1. The number of thioether (sulfide) groups is 1. The first-order chi connectivity index (χ1) is 18.4. The fraction of sp³-hybridized carbons (Fsp3) is 0.0645. The van der Waals surface area contributed by atoms with Gasteiger partial charge in [-0.15, -0.1) is 11.8 Å². The molecule has 0 saturated carbocycles. The molecule has 0 heterocycles. The highest BCUT2D eigenvalue weighted by Crippen LogP contribution is 2.25. The quantitative estimate of drug-likeness (QED) is 0.136. The third-order valence-electron chi connectivity index (χ3n) is 5.55. The average molecular weight is 541 g/mol. The molecular weight excluding hydrogens is 516 g/mol. The van der Waals surface area contributed by atoms with Crippen LogP contribution < -0.4 is 10.6 Å². The number of halogens is 1. The number of aryl methyl sites for hydroxylation is 1. The zero-order chi connectivity index (χ0) is 26.9. The van der Waals surface area contributed by atoms with Crippen LogP contribution in [0.25, 0.3) is 6.08 Å². The molecular formula is C31H25ClN2O3S. The van der Waals surface area contributed by atoms with Crippen LogP contribution in [-0.2, 0) is 4.79 Å². The molecule has 2 amide bonds. The van der Waals surface area contributed by atoms with E-state index in [1.165, 1.54) is 11.8 Å². The van der Waals surface area contributed by atoms with Crippen molar-refractivity contribution < 1.29 is 14.4 Å². The maximum absolute atomic E-state index is 13.3. The number of hydrogen-bond acceptors (Lipinski definition) is 4. The molecule has 4 rings (SSSR count). The van der Waals surface area contributed by atoms with Crippen molar-refractivity contribution in [3.8, 4) is 0 Å². The van der Waals surface area contributed by atoms with Crippen molar-refractivity contribution in [3.63, 3.8) is 0 Å². The summed E-state index contributed by atoms with van der Waals surface area (Å²) in [6, 6.07) is 30.5. The van der Waals surface area contributed by atoms with E-state index >= 15 is 0 Å². The monoisotopic (exact) mass is 540 g/mol. The van der Waals surface area contributed by atoms with Crippen LogP contribution in [0.5, 0.6) is 0 Å². The Kier molecular flexibility index (Phi) is 9.14. The topological polar surface area (TPSA) is 75.3 Å². The molecule has 5 nitrogen and oxygen atoms in total. The predicted molar refractivity (Wildman–Crippen MR) is 155 cm³/mol. The number of rotatable bonds is 9. The second-order valence-electron chi connectivity index (χ2n) is 8.46. The second-order valence-corrected chi connectivity index (χ2v) is 9.92. The van der Waals surface area contributed by atoms with Crippen molar-refractivity contribution in [2.75, 3.05) is 11.1 Å². The molecule has 0 aromatic heterocycles. The fourth-order valence-electron chi connectivity index (χ4n) is 3.55. The average Bonchev–Trinajstić information content (AvgIpc) is 2.93. The maximum atomic E-state index is 13.3. The van der Waals surface area contributed by atoms with Crippen LogP contribution in [0.3, 0.4) is 0 Å². The van der Waals surface area contributed by atoms with Gasteiger partial charge in [0.25, 0.3) is 11.8 Å². The minimum atomic E-state index is -0.468. The van der Waals surface area contributed by atoms with E-state index in [0.29, 0.717) is 21.8 Å². The van der Waals surface area contributed by atoms with Gasteiger partial charge in [0.1, 0.15) is 5.70 Å². The standard InChI is InChI=1S/C31H25ClN2O3S/c1-21-14-16-22(17-15-21)18-28(34-30(36)23-8-3-2-4-9-23)31(37)33-24-10-7-11-25(19-24)38-20-29(35)26-12-5-6-13-27(26)32/h2-19H,20H2,1H3,(H,33,37)(H,34,36)/b28-18-. The van der Waals surface area contributed by atoms with Gasteiger partial charge in [-0.05, 0) is 61.0 Å². The van der Waals surface area contributed by atoms with Gasteiger partial charge in [0, 0.05) is 21.7 Å². The van der Waals surface area contributed by atoms with E-state index < -0.39 is 5.91 Å². The van der Waals surface area contributed by atoms with Crippen molar-refractivity contribution in [1.82, 2.24) is 5.32 Å². The summed E-state index contributed by atoms with van der Waals surface area (Å²) < 4.78 is 0. The Hall–Kier alpha value is -4.13. The lowest BCUT2D eigenvalue weighted by Gasteiger charge is -2.12. The van der Waals surface area contributed by atoms with Gasteiger partial charge in [-0.3, -0.25) is 14.4 Å². The van der Waals surface area contributed by atoms with E-state index in [2.05, 4.69) is 10.6 Å². The van der Waals surface area contributed by atoms with E-state index in [9.17, 15) is 14.4 Å². The number of nitrogens with one attached hydrogen (secondary N) is 2. The lowest BCUT2D eigenvalue weighted by molar-refractivity contribution is -0.113. The third-order valence-corrected chi connectivity index (χ3v) is 6.88. The molecule has 0 spiro atoms. The molecule has 0 unspecified atom stereocenters. The molecule has 4 aromatic rings. The Morgan fingerprint density at radius 2 is 1.55 bits per heavy atom. The highest BCUT2D eigenvalue weighted by molar-refractivity contribution is 8.00. The summed E-state index contributed by atoms with van der Waals surface area (Å²) in [4.78, 5) is 39.5. The number of hydrogen-bond donors (Lipinski definition) is 2. The van der Waals surface area contributed by atoms with Crippen molar-refractivity contribution in [2.45, 2.75) is 11.8 Å². The molecule has 0 radical (unpaired) electrons. The van der Waals surface area contributed by atoms with Gasteiger partial charge in [0.2, 0.25) is 0 Å².